The molecular formula is C13H20O2. The van der Waals surface area contributed by atoms with Gasteiger partial charge in [0.1, 0.15) is 17.3 Å². The first kappa shape index (κ1) is 12.0. The van der Waals surface area contributed by atoms with Crippen LogP contribution in [0.4, 0.5) is 0 Å². The van der Waals surface area contributed by atoms with E-state index in [1.165, 1.54) is 0 Å². The number of ketones is 1. The zero-order valence-corrected chi connectivity index (χ0v) is 9.88. The van der Waals surface area contributed by atoms with Crippen LogP contribution in [0, 0.1) is 6.92 Å². The van der Waals surface area contributed by atoms with E-state index >= 15 is 0 Å². The number of hydrogen-bond acceptors (Lipinski definition) is 2. The van der Waals surface area contributed by atoms with E-state index in [0.717, 1.165) is 24.4 Å². The van der Waals surface area contributed by atoms with Crippen molar-refractivity contribution in [1.29, 1.82) is 0 Å². The number of rotatable bonds is 6. The highest BCUT2D eigenvalue weighted by Gasteiger charge is 2.13. The lowest BCUT2D eigenvalue weighted by molar-refractivity contribution is -0.119. The second-order valence-corrected chi connectivity index (χ2v) is 4.20. The summed E-state index contributed by atoms with van der Waals surface area (Å²) in [5.74, 6) is 2.40. The average Bonchev–Trinajstić information content (AvgIpc) is 2.61. The molecule has 1 aromatic heterocycles. The summed E-state index contributed by atoms with van der Waals surface area (Å²) in [5.41, 5.74) is 0. The first-order valence-electron chi connectivity index (χ1n) is 5.71. The average molecular weight is 208 g/mol. The van der Waals surface area contributed by atoms with Crippen molar-refractivity contribution in [2.75, 3.05) is 0 Å². The van der Waals surface area contributed by atoms with Crippen molar-refractivity contribution in [3.05, 3.63) is 23.7 Å². The molecule has 0 N–H and O–H groups in total. The molecule has 0 fully saturated rings. The van der Waals surface area contributed by atoms with E-state index in [2.05, 4.69) is 6.92 Å². The Bertz CT molecular complexity index is 312. The fourth-order valence-corrected chi connectivity index (χ4v) is 1.64. The molecule has 1 heterocycles. The summed E-state index contributed by atoms with van der Waals surface area (Å²) in [6.07, 6.45) is 3.40. The molecule has 0 radical (unpaired) electrons. The van der Waals surface area contributed by atoms with Gasteiger partial charge in [0.15, 0.2) is 0 Å². The predicted octanol–water partition coefficient (Wildman–Crippen LogP) is 3.84. The standard InChI is InChI=1S/C13H20O2/c1-4-5-6-12(14)9-10(2)13-8-7-11(3)15-13/h7-8,10H,4-6,9H2,1-3H3/t10-/m0/s1. The SMILES string of the molecule is CCCCC(=O)C[C@H](C)c1ccc(C)o1. The third-order valence-electron chi connectivity index (χ3n) is 2.59. The lowest BCUT2D eigenvalue weighted by atomic mass is 9.99. The molecule has 1 aromatic rings. The topological polar surface area (TPSA) is 30.2 Å². The molecule has 84 valence electrons. The van der Waals surface area contributed by atoms with Gasteiger partial charge in [0.2, 0.25) is 0 Å². The maximum atomic E-state index is 11.6. The number of Topliss-reactive ketones (excluding diaryl/α,β-unsaturated/α-hetero) is 1. The Hall–Kier alpha value is -1.05. The predicted molar refractivity (Wildman–Crippen MR) is 61.0 cm³/mol. The summed E-state index contributed by atoms with van der Waals surface area (Å²) in [7, 11) is 0. The molecule has 0 spiro atoms. The molecule has 15 heavy (non-hydrogen) atoms. The lowest BCUT2D eigenvalue weighted by Gasteiger charge is -2.07. The van der Waals surface area contributed by atoms with Crippen molar-refractivity contribution in [1.82, 2.24) is 0 Å². The van der Waals surface area contributed by atoms with E-state index in [0.29, 0.717) is 18.6 Å². The van der Waals surface area contributed by atoms with Gasteiger partial charge in [-0.1, -0.05) is 20.3 Å². The van der Waals surface area contributed by atoms with Gasteiger partial charge in [-0.2, -0.15) is 0 Å². The smallest absolute Gasteiger partial charge is 0.133 e. The molecule has 2 heteroatoms. The van der Waals surface area contributed by atoms with Crippen molar-refractivity contribution >= 4 is 5.78 Å². The number of furan rings is 1. The summed E-state index contributed by atoms with van der Waals surface area (Å²) < 4.78 is 5.50. The van der Waals surface area contributed by atoms with Crippen LogP contribution >= 0.6 is 0 Å². The summed E-state index contributed by atoms with van der Waals surface area (Å²) in [4.78, 5) is 11.6. The van der Waals surface area contributed by atoms with Crippen LogP contribution in [0.2, 0.25) is 0 Å². The number of hydrogen-bond donors (Lipinski definition) is 0. The number of unbranched alkanes of at least 4 members (excludes halogenated alkanes) is 1. The van der Waals surface area contributed by atoms with Crippen molar-refractivity contribution in [3.8, 4) is 0 Å². The van der Waals surface area contributed by atoms with E-state index in [-0.39, 0.29) is 5.92 Å². The van der Waals surface area contributed by atoms with Gasteiger partial charge in [0, 0.05) is 18.8 Å². The summed E-state index contributed by atoms with van der Waals surface area (Å²) >= 11 is 0. The maximum Gasteiger partial charge on any atom is 0.133 e. The molecule has 0 saturated heterocycles. The van der Waals surface area contributed by atoms with Crippen molar-refractivity contribution in [2.24, 2.45) is 0 Å². The van der Waals surface area contributed by atoms with E-state index < -0.39 is 0 Å². The Morgan fingerprint density at radius 2 is 2.20 bits per heavy atom. The fraction of sp³-hybridized carbons (Fsp3) is 0.615. The van der Waals surface area contributed by atoms with E-state index in [4.69, 9.17) is 4.42 Å². The van der Waals surface area contributed by atoms with Gasteiger partial charge in [0.05, 0.1) is 0 Å². The van der Waals surface area contributed by atoms with Crippen LogP contribution in [0.5, 0.6) is 0 Å². The minimum atomic E-state index is 0.211. The van der Waals surface area contributed by atoms with Crippen molar-refractivity contribution < 1.29 is 9.21 Å². The monoisotopic (exact) mass is 208 g/mol. The number of aryl methyl sites for hydroxylation is 1. The molecule has 0 aromatic carbocycles. The number of carbonyl (C=O) groups excluding carboxylic acids is 1. The van der Waals surface area contributed by atoms with Crippen LogP contribution in [0.1, 0.15) is 57.0 Å². The zero-order chi connectivity index (χ0) is 11.3. The van der Waals surface area contributed by atoms with Gasteiger partial charge in [-0.05, 0) is 25.5 Å². The largest absolute Gasteiger partial charge is 0.466 e. The Labute approximate surface area is 91.7 Å². The maximum absolute atomic E-state index is 11.6. The van der Waals surface area contributed by atoms with Gasteiger partial charge in [0.25, 0.3) is 0 Å². The molecule has 0 amide bonds. The van der Waals surface area contributed by atoms with Gasteiger partial charge < -0.3 is 4.42 Å². The second-order valence-electron chi connectivity index (χ2n) is 4.20. The van der Waals surface area contributed by atoms with Crippen LogP contribution in [-0.2, 0) is 4.79 Å². The zero-order valence-electron chi connectivity index (χ0n) is 9.88. The van der Waals surface area contributed by atoms with E-state index in [9.17, 15) is 4.79 Å². The van der Waals surface area contributed by atoms with Crippen LogP contribution in [0.25, 0.3) is 0 Å². The summed E-state index contributed by atoms with van der Waals surface area (Å²) in [6, 6.07) is 3.91. The van der Waals surface area contributed by atoms with Crippen LogP contribution in [0.15, 0.2) is 16.5 Å². The highest BCUT2D eigenvalue weighted by Crippen LogP contribution is 2.22. The minimum absolute atomic E-state index is 0.211. The first-order chi connectivity index (χ1) is 7.13. The second kappa shape index (κ2) is 5.74. The van der Waals surface area contributed by atoms with Crippen LogP contribution in [-0.4, -0.2) is 5.78 Å². The molecule has 2 nitrogen and oxygen atoms in total. The Morgan fingerprint density at radius 1 is 1.47 bits per heavy atom. The van der Waals surface area contributed by atoms with Crippen molar-refractivity contribution in [2.45, 2.75) is 52.4 Å². The van der Waals surface area contributed by atoms with E-state index in [1.54, 1.807) is 0 Å². The Kier molecular flexibility index (Phi) is 4.60. The first-order valence-corrected chi connectivity index (χ1v) is 5.71. The molecule has 0 unspecified atom stereocenters. The minimum Gasteiger partial charge on any atom is -0.466 e. The fourth-order valence-electron chi connectivity index (χ4n) is 1.64. The molecule has 0 aliphatic rings. The Morgan fingerprint density at radius 3 is 2.73 bits per heavy atom. The normalized spacial score (nSPS) is 12.7. The quantitative estimate of drug-likeness (QED) is 0.711. The highest BCUT2D eigenvalue weighted by molar-refractivity contribution is 5.79. The Balaban J connectivity index is 2.41. The van der Waals surface area contributed by atoms with Gasteiger partial charge in [-0.3, -0.25) is 4.79 Å². The molecule has 0 bridgehead atoms. The summed E-state index contributed by atoms with van der Waals surface area (Å²) in [5, 5.41) is 0. The highest BCUT2D eigenvalue weighted by atomic mass is 16.3. The lowest BCUT2D eigenvalue weighted by Crippen LogP contribution is -2.03. The summed E-state index contributed by atoms with van der Waals surface area (Å²) in [6.45, 7) is 6.07. The molecule has 1 atom stereocenters. The molecule has 0 aliphatic carbocycles. The van der Waals surface area contributed by atoms with Gasteiger partial charge >= 0.3 is 0 Å². The number of carbonyl (C=O) groups is 1. The third-order valence-corrected chi connectivity index (χ3v) is 2.59. The van der Waals surface area contributed by atoms with Gasteiger partial charge in [-0.15, -0.1) is 0 Å². The molecular weight excluding hydrogens is 188 g/mol. The van der Waals surface area contributed by atoms with Crippen LogP contribution < -0.4 is 0 Å². The molecule has 0 saturated carbocycles. The van der Waals surface area contributed by atoms with Crippen LogP contribution in [0.3, 0.4) is 0 Å². The van der Waals surface area contributed by atoms with E-state index in [1.807, 2.05) is 26.0 Å². The molecule has 0 aliphatic heterocycles. The van der Waals surface area contributed by atoms with Crippen molar-refractivity contribution in [3.63, 3.8) is 0 Å². The third kappa shape index (κ3) is 3.90. The van der Waals surface area contributed by atoms with Gasteiger partial charge in [-0.25, -0.2) is 0 Å². The molecule has 1 rings (SSSR count).